The zero-order chi connectivity index (χ0) is 44.8. The summed E-state index contributed by atoms with van der Waals surface area (Å²) in [4.78, 5) is 51.6. The Hall–Kier alpha value is -6.80. The molecule has 0 spiro atoms. The number of rotatable bonds is 12. The number of ether oxygens (including phenoxy) is 4. The van der Waals surface area contributed by atoms with Crippen LogP contribution in [0.2, 0.25) is 0 Å². The molecule has 0 aliphatic heterocycles. The first-order chi connectivity index (χ1) is 31.0. The first kappa shape index (κ1) is 43.8. The average molecular weight is 855 g/mol. The molecule has 0 atom stereocenters. The van der Waals surface area contributed by atoms with Crippen molar-refractivity contribution in [2.45, 2.75) is 95.8 Å². The Morgan fingerprint density at radius 2 is 0.828 bits per heavy atom. The van der Waals surface area contributed by atoms with Gasteiger partial charge in [0.05, 0.1) is 23.8 Å². The average Bonchev–Trinajstić information content (AvgIpc) is 3.33. The second kappa shape index (κ2) is 18.9. The number of benzene rings is 6. The lowest BCUT2D eigenvalue weighted by Crippen LogP contribution is -2.30. The maximum absolute atomic E-state index is 13.4. The first-order valence-corrected chi connectivity index (χ1v) is 22.3. The summed E-state index contributed by atoms with van der Waals surface area (Å²) in [6.07, 6.45) is 10.8. The molecule has 2 aliphatic rings. The van der Waals surface area contributed by atoms with E-state index >= 15 is 0 Å². The van der Waals surface area contributed by atoms with Crippen LogP contribution in [0.5, 0.6) is 23.0 Å². The molecule has 6 aromatic carbocycles. The van der Waals surface area contributed by atoms with Gasteiger partial charge in [0.15, 0.2) is 5.78 Å². The van der Waals surface area contributed by atoms with E-state index in [1.54, 1.807) is 55.6 Å². The quantitative estimate of drug-likeness (QED) is 0.0681. The van der Waals surface area contributed by atoms with Gasteiger partial charge in [-0.05, 0) is 153 Å². The zero-order valence-electron chi connectivity index (χ0n) is 37.0. The Labute approximate surface area is 375 Å². The Balaban J connectivity index is 0.921. The minimum atomic E-state index is -0.527. The van der Waals surface area contributed by atoms with Crippen LogP contribution in [-0.4, -0.2) is 30.8 Å². The predicted molar refractivity (Wildman–Crippen MR) is 247 cm³/mol. The number of ketones is 1. The van der Waals surface area contributed by atoms with E-state index in [4.69, 9.17) is 18.9 Å². The highest BCUT2D eigenvalue weighted by Crippen LogP contribution is 2.48. The van der Waals surface area contributed by atoms with E-state index in [-0.39, 0.29) is 16.6 Å². The van der Waals surface area contributed by atoms with E-state index in [0.29, 0.717) is 39.5 Å². The van der Waals surface area contributed by atoms with Crippen molar-refractivity contribution in [2.24, 2.45) is 0 Å². The molecule has 2 fully saturated rings. The molecule has 8 heteroatoms. The van der Waals surface area contributed by atoms with Gasteiger partial charge < -0.3 is 18.9 Å². The van der Waals surface area contributed by atoms with E-state index in [2.05, 4.69) is 36.4 Å². The lowest BCUT2D eigenvalue weighted by atomic mass is 9.65. The summed E-state index contributed by atoms with van der Waals surface area (Å²) in [7, 11) is 1.68. The lowest BCUT2D eigenvalue weighted by Gasteiger charge is -2.39. The fourth-order valence-corrected chi connectivity index (χ4v) is 9.77. The van der Waals surface area contributed by atoms with E-state index < -0.39 is 17.9 Å². The summed E-state index contributed by atoms with van der Waals surface area (Å²) in [6.45, 7) is 5.35. The molecule has 2 saturated carbocycles. The molecule has 6 aromatic rings. The van der Waals surface area contributed by atoms with Crippen LogP contribution in [0.4, 0.5) is 0 Å². The molecule has 8 nitrogen and oxygen atoms in total. The third kappa shape index (κ3) is 9.14. The molecule has 2 aliphatic carbocycles. The smallest absolute Gasteiger partial charge is 0.343 e. The Morgan fingerprint density at radius 3 is 1.28 bits per heavy atom. The van der Waals surface area contributed by atoms with Gasteiger partial charge in [-0.25, -0.2) is 14.4 Å². The normalized spacial score (nSPS) is 15.4. The number of Topliss-reactive ketones (excluding diaryl/α,β-unsaturated/α-hetero) is 1. The zero-order valence-corrected chi connectivity index (χ0v) is 37.0. The van der Waals surface area contributed by atoms with Crippen LogP contribution in [0.3, 0.4) is 0 Å². The van der Waals surface area contributed by atoms with Crippen molar-refractivity contribution in [3.8, 4) is 23.0 Å². The second-order valence-corrected chi connectivity index (χ2v) is 17.4. The molecule has 0 amide bonds. The molecule has 0 bridgehead atoms. The van der Waals surface area contributed by atoms with Gasteiger partial charge in [-0.2, -0.15) is 0 Å². The highest BCUT2D eigenvalue weighted by molar-refractivity contribution is 5.98. The van der Waals surface area contributed by atoms with Crippen molar-refractivity contribution in [1.29, 1.82) is 0 Å². The van der Waals surface area contributed by atoms with Crippen molar-refractivity contribution in [3.63, 3.8) is 0 Å². The largest absolute Gasteiger partial charge is 0.497 e. The second-order valence-electron chi connectivity index (χ2n) is 17.4. The van der Waals surface area contributed by atoms with Gasteiger partial charge in [0.2, 0.25) is 0 Å². The van der Waals surface area contributed by atoms with Crippen LogP contribution >= 0.6 is 0 Å². The molecule has 0 N–H and O–H groups in total. The molecule has 0 aromatic heterocycles. The molecular formula is C56H54O8. The van der Waals surface area contributed by atoms with Gasteiger partial charge in [0.1, 0.15) is 23.0 Å². The summed E-state index contributed by atoms with van der Waals surface area (Å²) in [5.41, 5.74) is 7.46. The Kier molecular flexibility index (Phi) is 12.9. The molecule has 0 heterocycles. The number of hydrogen-bond acceptors (Lipinski definition) is 8. The van der Waals surface area contributed by atoms with Crippen molar-refractivity contribution in [3.05, 3.63) is 189 Å². The molecule has 8 rings (SSSR count). The van der Waals surface area contributed by atoms with Gasteiger partial charge in [0.25, 0.3) is 0 Å². The predicted octanol–water partition coefficient (Wildman–Crippen LogP) is 12.7. The summed E-state index contributed by atoms with van der Waals surface area (Å²) >= 11 is 0. The lowest BCUT2D eigenvalue weighted by molar-refractivity contribution is 0.0720. The number of carbonyl (C=O) groups excluding carboxylic acids is 4. The van der Waals surface area contributed by atoms with Crippen molar-refractivity contribution in [1.82, 2.24) is 0 Å². The van der Waals surface area contributed by atoms with Crippen LogP contribution in [0.25, 0.3) is 0 Å². The molecule has 0 saturated heterocycles. The number of methoxy groups -OCH3 is 1. The highest BCUT2D eigenvalue weighted by atomic mass is 16.5. The SMILES string of the molecule is COc1ccc(C2(c3ccc(OC(=O)c4ccc(C(=O)Oc5ccc(C6(c7ccc(OC(=O)c8cccc(C(C)=O)c8)c(C)c7)CCCCC6)cc5C)cc4)cc3)CCCCC2)cc1. The molecule has 64 heavy (non-hydrogen) atoms. The standard InChI is InChI=1S/C56H54O8/c1-37-34-46(56(32-9-6-10-33-56)47-23-29-51(38(2)35-47)64-54(60)43-13-11-12-42(36-43)39(3)57)22-28-50(37)63-53(59)41-16-14-40(15-17-41)52(58)62-49-26-20-45(21-27-49)55(30-7-5-8-31-55)44-18-24-48(61-4)25-19-44/h11-29,34-36H,5-10,30-33H2,1-4H3. The molecule has 0 radical (unpaired) electrons. The number of carbonyl (C=O) groups is 4. The summed E-state index contributed by atoms with van der Waals surface area (Å²) < 4.78 is 22.9. The first-order valence-electron chi connectivity index (χ1n) is 22.3. The van der Waals surface area contributed by atoms with Crippen LogP contribution in [-0.2, 0) is 10.8 Å². The third-order valence-electron chi connectivity index (χ3n) is 13.4. The molecular weight excluding hydrogens is 801 g/mol. The van der Waals surface area contributed by atoms with Gasteiger partial charge in [-0.1, -0.05) is 99.2 Å². The van der Waals surface area contributed by atoms with Crippen LogP contribution in [0.15, 0.2) is 133 Å². The van der Waals surface area contributed by atoms with Gasteiger partial charge in [-0.3, -0.25) is 4.79 Å². The molecule has 326 valence electrons. The molecule has 0 unspecified atom stereocenters. The summed E-state index contributed by atoms with van der Waals surface area (Å²) in [5, 5.41) is 0. The van der Waals surface area contributed by atoms with Gasteiger partial charge in [-0.15, -0.1) is 0 Å². The number of aryl methyl sites for hydroxylation is 2. The van der Waals surface area contributed by atoms with Crippen LogP contribution < -0.4 is 18.9 Å². The highest BCUT2D eigenvalue weighted by Gasteiger charge is 2.37. The van der Waals surface area contributed by atoms with Crippen molar-refractivity contribution < 1.29 is 38.1 Å². The number of hydrogen-bond donors (Lipinski definition) is 0. The topological polar surface area (TPSA) is 105 Å². The van der Waals surface area contributed by atoms with Crippen molar-refractivity contribution in [2.75, 3.05) is 7.11 Å². The maximum Gasteiger partial charge on any atom is 0.343 e. The minimum absolute atomic E-state index is 0.0996. The maximum atomic E-state index is 13.4. The summed E-state index contributed by atoms with van der Waals surface area (Å²) in [5.74, 6) is 0.540. The van der Waals surface area contributed by atoms with Gasteiger partial charge >= 0.3 is 17.9 Å². The van der Waals surface area contributed by atoms with E-state index in [1.807, 2.05) is 62.4 Å². The summed E-state index contributed by atoms with van der Waals surface area (Å²) in [6, 6.07) is 41.1. The Morgan fingerprint density at radius 1 is 0.422 bits per heavy atom. The number of esters is 3. The van der Waals surface area contributed by atoms with E-state index in [9.17, 15) is 19.2 Å². The monoisotopic (exact) mass is 854 g/mol. The Bertz CT molecular complexity index is 2660. The van der Waals surface area contributed by atoms with Crippen LogP contribution in [0, 0.1) is 13.8 Å². The fraction of sp³-hybridized carbons (Fsp3) is 0.286. The van der Waals surface area contributed by atoms with E-state index in [1.165, 1.54) is 24.5 Å². The minimum Gasteiger partial charge on any atom is -0.497 e. The van der Waals surface area contributed by atoms with Gasteiger partial charge in [0, 0.05) is 16.4 Å². The van der Waals surface area contributed by atoms with Crippen LogP contribution in [0.1, 0.15) is 146 Å². The third-order valence-corrected chi connectivity index (χ3v) is 13.4. The van der Waals surface area contributed by atoms with Crippen molar-refractivity contribution >= 4 is 23.7 Å². The fourth-order valence-electron chi connectivity index (χ4n) is 9.77. The van der Waals surface area contributed by atoms with E-state index in [0.717, 1.165) is 85.8 Å².